The topological polar surface area (TPSA) is 211 Å². The van der Waals surface area contributed by atoms with Crippen molar-refractivity contribution in [3.05, 3.63) is 107 Å². The molecule has 19 nitrogen and oxygen atoms in total. The van der Waals surface area contributed by atoms with Crippen molar-refractivity contribution >= 4 is 63.9 Å². The molecule has 4 N–H and O–H groups in total. The number of methoxy groups -OCH3 is 1. The zero-order valence-electron chi connectivity index (χ0n) is 43.2. The van der Waals surface area contributed by atoms with E-state index < -0.39 is 11.9 Å². The number of benzene rings is 2. The number of piperazine rings is 1. The summed E-state index contributed by atoms with van der Waals surface area (Å²) in [4.78, 5) is 90.1. The Hall–Kier alpha value is -7.64. The first-order chi connectivity index (χ1) is 36.1. The minimum Gasteiger partial charge on any atom is -0.478 e. The molecule has 390 valence electrons. The van der Waals surface area contributed by atoms with Gasteiger partial charge in [0.25, 0.3) is 17.7 Å². The average molecular weight is 1020 g/mol. The zero-order valence-corrected chi connectivity index (χ0v) is 43.2. The minimum atomic E-state index is -0.661. The van der Waals surface area contributed by atoms with Gasteiger partial charge in [-0.25, -0.2) is 15.0 Å². The van der Waals surface area contributed by atoms with Crippen LogP contribution in [0, 0.1) is 5.41 Å². The third kappa shape index (κ3) is 9.04. The molecule has 0 spiro atoms. The Labute approximate surface area is 435 Å². The number of fused-ring (bicyclic) bond motifs is 4. The van der Waals surface area contributed by atoms with Gasteiger partial charge in [0.15, 0.2) is 5.82 Å². The van der Waals surface area contributed by atoms with E-state index in [-0.39, 0.29) is 60.0 Å². The van der Waals surface area contributed by atoms with Gasteiger partial charge in [0, 0.05) is 116 Å². The van der Waals surface area contributed by atoms with E-state index >= 15 is 0 Å². The van der Waals surface area contributed by atoms with Crippen LogP contribution in [0.1, 0.15) is 96.6 Å². The Balaban J connectivity index is 0.779. The van der Waals surface area contributed by atoms with Gasteiger partial charge in [0.2, 0.25) is 17.7 Å². The molecular formula is C56H64N12O7. The number of aliphatic hydroxyl groups is 1. The van der Waals surface area contributed by atoms with Crippen LogP contribution in [-0.4, -0.2) is 128 Å². The van der Waals surface area contributed by atoms with Gasteiger partial charge < -0.3 is 39.7 Å². The quantitative estimate of drug-likeness (QED) is 0.0858. The highest BCUT2D eigenvalue weighted by atomic mass is 16.5. The maximum atomic E-state index is 14.1. The fourth-order valence-corrected chi connectivity index (χ4v) is 12.6. The summed E-state index contributed by atoms with van der Waals surface area (Å²) < 4.78 is 7.83. The molecule has 1 aliphatic carbocycles. The minimum absolute atomic E-state index is 0.0967. The second kappa shape index (κ2) is 19.6. The van der Waals surface area contributed by atoms with Gasteiger partial charge >= 0.3 is 0 Å². The summed E-state index contributed by atoms with van der Waals surface area (Å²) in [6.07, 6.45) is 8.71. The molecule has 75 heavy (non-hydrogen) atoms. The first kappa shape index (κ1) is 49.6. The van der Waals surface area contributed by atoms with E-state index in [1.54, 1.807) is 28.3 Å². The van der Waals surface area contributed by atoms with Crippen LogP contribution in [0.3, 0.4) is 0 Å². The second-order valence-electron chi connectivity index (χ2n) is 21.6. The molecule has 3 aromatic heterocycles. The van der Waals surface area contributed by atoms with Gasteiger partial charge in [-0.05, 0) is 105 Å². The van der Waals surface area contributed by atoms with Crippen molar-refractivity contribution < 1.29 is 33.8 Å². The van der Waals surface area contributed by atoms with Gasteiger partial charge in [0.1, 0.15) is 17.6 Å². The summed E-state index contributed by atoms with van der Waals surface area (Å²) in [5.41, 5.74) is 9.36. The van der Waals surface area contributed by atoms with Crippen molar-refractivity contribution in [2.75, 3.05) is 65.2 Å². The number of ether oxygens (including phenoxy) is 1. The Morgan fingerprint density at radius 2 is 1.75 bits per heavy atom. The number of aliphatic hydroxyl groups excluding tert-OH is 1. The molecule has 0 bridgehead atoms. The monoisotopic (exact) mass is 1020 g/mol. The summed E-state index contributed by atoms with van der Waals surface area (Å²) in [7, 11) is 1.51. The van der Waals surface area contributed by atoms with Crippen molar-refractivity contribution in [2.45, 2.75) is 110 Å². The number of aromatic nitrogens is 4. The molecule has 11 rings (SSSR count). The number of imide groups is 1. The number of hydrogen-bond acceptors (Lipinski definition) is 14. The van der Waals surface area contributed by atoms with Crippen molar-refractivity contribution in [1.82, 2.24) is 34.6 Å². The van der Waals surface area contributed by atoms with Gasteiger partial charge in [-0.3, -0.25) is 39.1 Å². The smallest absolute Gasteiger partial charge is 0.276 e. The molecule has 4 atom stereocenters. The number of rotatable bonds is 12. The number of amides is 5. The van der Waals surface area contributed by atoms with Gasteiger partial charge in [-0.2, -0.15) is 0 Å². The van der Waals surface area contributed by atoms with Crippen molar-refractivity contribution in [2.24, 2.45) is 5.41 Å². The number of nitrogens with one attached hydrogen (secondary N) is 3. The van der Waals surface area contributed by atoms with Gasteiger partial charge in [-0.1, -0.05) is 26.5 Å². The van der Waals surface area contributed by atoms with E-state index in [1.165, 1.54) is 24.4 Å². The van der Waals surface area contributed by atoms with Crippen LogP contribution in [0.25, 0.3) is 11.3 Å². The Morgan fingerprint density at radius 3 is 2.51 bits per heavy atom. The molecule has 5 aromatic rings. The average Bonchev–Trinajstić information content (AvgIpc) is 4.02. The number of carbonyl (C=O) groups excluding carboxylic acids is 5. The number of piperidine rings is 2. The molecular weight excluding hydrogens is 953 g/mol. The summed E-state index contributed by atoms with van der Waals surface area (Å²) in [5, 5.41) is 19.7. The molecule has 3 saturated heterocycles. The van der Waals surface area contributed by atoms with Gasteiger partial charge in [0.05, 0.1) is 37.0 Å². The van der Waals surface area contributed by atoms with Gasteiger partial charge in [-0.15, -0.1) is 0 Å². The number of pyridine rings is 1. The van der Waals surface area contributed by atoms with E-state index in [0.29, 0.717) is 83.2 Å². The van der Waals surface area contributed by atoms with E-state index in [9.17, 15) is 29.1 Å². The predicted molar refractivity (Wildman–Crippen MR) is 284 cm³/mol. The van der Waals surface area contributed by atoms with Crippen LogP contribution >= 0.6 is 0 Å². The third-order valence-electron chi connectivity index (χ3n) is 16.2. The standard InChI is InChI=1S/C56H64N12O7/c1-7-48(70)60-41-25-35(59-50-53(75-6)58-28-42(61-50)37-15-17-57-51(40(37)31-69)67-22-21-66-46(55(67)74)24-34-26-56(4,5)27-47(34)66)11-12-44(41)65-20-19-63(29-33(65)3)36-16-18-64(32(2)23-36)43-10-8-9-38-39(43)30-68(54(38)73)45-13-14-49(71)62-52(45)72/h7-12,15,17,24-25,28,32-33,36,45,69H,1,13-14,16,18-23,26-27,29-31H2,2-6H3,(H,59,61)(H,60,70)(H,62,71,72)/t32-,33+,36?,45?/m1/s1. The summed E-state index contributed by atoms with van der Waals surface area (Å²) in [6, 6.07) is 15.4. The fraction of sp³-hybridized carbons (Fsp3) is 0.429. The molecule has 5 aliphatic heterocycles. The van der Waals surface area contributed by atoms with Crippen LogP contribution in [-0.2, 0) is 46.9 Å². The van der Waals surface area contributed by atoms with Crippen molar-refractivity contribution in [1.29, 1.82) is 0 Å². The molecule has 5 amide bonds. The van der Waals surface area contributed by atoms with E-state index in [0.717, 1.165) is 68.8 Å². The van der Waals surface area contributed by atoms with Crippen LogP contribution < -0.4 is 35.4 Å². The Bertz CT molecular complexity index is 3170. The summed E-state index contributed by atoms with van der Waals surface area (Å²) in [6.45, 7) is 16.8. The van der Waals surface area contributed by atoms with Crippen LogP contribution in [0.15, 0.2) is 73.6 Å². The summed E-state index contributed by atoms with van der Waals surface area (Å²) in [5.74, 6) is -0.479. The lowest BCUT2D eigenvalue weighted by molar-refractivity contribution is -0.137. The number of hydrogen-bond donors (Lipinski definition) is 4. The molecule has 0 radical (unpaired) electrons. The molecule has 8 heterocycles. The normalized spacial score (nSPS) is 22.4. The van der Waals surface area contributed by atoms with Crippen molar-refractivity contribution in [3.63, 3.8) is 0 Å². The van der Waals surface area contributed by atoms with Crippen LogP contribution in [0.5, 0.6) is 5.88 Å². The highest BCUT2D eigenvalue weighted by Gasteiger charge is 2.43. The molecule has 6 aliphatic rings. The maximum absolute atomic E-state index is 14.1. The molecule has 0 saturated carbocycles. The van der Waals surface area contributed by atoms with Crippen LogP contribution in [0.2, 0.25) is 0 Å². The lowest BCUT2D eigenvalue weighted by Gasteiger charge is -2.48. The number of carbonyl (C=O) groups is 5. The Morgan fingerprint density at radius 1 is 0.920 bits per heavy atom. The predicted octanol–water partition coefficient (Wildman–Crippen LogP) is 5.82. The van der Waals surface area contributed by atoms with E-state index in [2.05, 4.69) is 85.5 Å². The SMILES string of the molecule is C=CC(=O)Nc1cc(Nc2nc(-c3ccnc(N4CCn5c(cc6c5CC(C)(C)C6)C4=O)c3CO)cnc2OC)ccc1N1CCN(C2CCN(c3cccc4c3CN(C3CCC(=O)NC3=O)C4=O)[C@H](C)C2)C[C@@H]1C. The molecule has 19 heteroatoms. The fourth-order valence-electron chi connectivity index (χ4n) is 12.6. The highest BCUT2D eigenvalue weighted by molar-refractivity contribution is 6.07. The first-order valence-electron chi connectivity index (χ1n) is 26.0. The van der Waals surface area contributed by atoms with Crippen molar-refractivity contribution in [3.8, 4) is 17.1 Å². The third-order valence-corrected chi connectivity index (χ3v) is 16.2. The molecule has 3 fully saturated rings. The number of nitrogens with zero attached hydrogens (tertiary/aromatic N) is 9. The number of anilines is 6. The lowest BCUT2D eigenvalue weighted by atomic mass is 9.90. The highest BCUT2D eigenvalue weighted by Crippen LogP contribution is 2.42. The Kier molecular flexibility index (Phi) is 12.9. The second-order valence-corrected chi connectivity index (χ2v) is 21.6. The molecule has 2 aromatic carbocycles. The maximum Gasteiger partial charge on any atom is 0.276 e. The zero-order chi connectivity index (χ0) is 52.4. The lowest BCUT2D eigenvalue weighted by Crippen LogP contribution is -2.58. The summed E-state index contributed by atoms with van der Waals surface area (Å²) >= 11 is 0. The largest absolute Gasteiger partial charge is 0.478 e. The van der Waals surface area contributed by atoms with E-state index in [4.69, 9.17) is 9.72 Å². The first-order valence-corrected chi connectivity index (χ1v) is 26.0. The molecule has 2 unspecified atom stereocenters. The van der Waals surface area contributed by atoms with Crippen LogP contribution in [0.4, 0.5) is 34.4 Å². The van der Waals surface area contributed by atoms with E-state index in [1.807, 2.05) is 36.4 Å².